The summed E-state index contributed by atoms with van der Waals surface area (Å²) in [4.78, 5) is 17.0. The molecule has 1 aromatic heterocycles. The summed E-state index contributed by atoms with van der Waals surface area (Å²) in [5, 5.41) is 1.11. The number of hydrogen-bond donors (Lipinski definition) is 1. The molecule has 2 aromatic rings. The van der Waals surface area contributed by atoms with Gasteiger partial charge in [0.2, 0.25) is 0 Å². The molecule has 0 unspecified atom stereocenters. The second-order valence-electron chi connectivity index (χ2n) is 4.60. The van der Waals surface area contributed by atoms with Crippen molar-refractivity contribution in [3.05, 3.63) is 29.5 Å². The third-order valence-corrected chi connectivity index (χ3v) is 3.45. The number of fused-ring (bicyclic) bond motifs is 3. The number of ether oxygens (including phenoxy) is 1. The molecule has 0 atom stereocenters. The Morgan fingerprint density at radius 2 is 2.28 bits per heavy atom. The highest BCUT2D eigenvalue weighted by atomic mass is 16.5. The quantitative estimate of drug-likeness (QED) is 0.880. The van der Waals surface area contributed by atoms with E-state index in [0.29, 0.717) is 6.61 Å². The van der Waals surface area contributed by atoms with E-state index in [2.05, 4.69) is 4.98 Å². The highest BCUT2D eigenvalue weighted by Crippen LogP contribution is 2.29. The number of aromatic amines is 1. The number of likely N-dealkylation sites (N-methyl/N-ethyl adjacent to an activating group) is 1. The van der Waals surface area contributed by atoms with Crippen molar-refractivity contribution in [2.24, 2.45) is 0 Å². The number of aromatic nitrogens is 1. The number of hydrogen-bond acceptors (Lipinski definition) is 2. The fourth-order valence-electron chi connectivity index (χ4n) is 2.50. The van der Waals surface area contributed by atoms with Gasteiger partial charge in [-0.05, 0) is 37.1 Å². The molecule has 18 heavy (non-hydrogen) atoms. The third kappa shape index (κ3) is 1.56. The van der Waals surface area contributed by atoms with Crippen molar-refractivity contribution in [3.8, 4) is 5.75 Å². The lowest BCUT2D eigenvalue weighted by Gasteiger charge is -2.22. The standard InChI is InChI=1S/C14H16N2O2/c1-3-18-9-4-5-12-11(8-9)10-6-7-16(2)14(17)13(10)15-12/h4-5,8,15H,3,6-7H2,1-2H3. The van der Waals surface area contributed by atoms with Crippen LogP contribution in [0.2, 0.25) is 0 Å². The molecule has 94 valence electrons. The Kier molecular flexibility index (Phi) is 2.51. The summed E-state index contributed by atoms with van der Waals surface area (Å²) in [5.41, 5.74) is 2.86. The number of rotatable bonds is 2. The van der Waals surface area contributed by atoms with Gasteiger partial charge in [0.25, 0.3) is 5.91 Å². The first-order valence-electron chi connectivity index (χ1n) is 6.23. The van der Waals surface area contributed by atoms with Gasteiger partial charge >= 0.3 is 0 Å². The third-order valence-electron chi connectivity index (χ3n) is 3.45. The number of carbonyl (C=O) groups is 1. The van der Waals surface area contributed by atoms with Crippen LogP contribution in [0.25, 0.3) is 10.9 Å². The van der Waals surface area contributed by atoms with Crippen LogP contribution in [0, 0.1) is 0 Å². The molecule has 1 N–H and O–H groups in total. The van der Waals surface area contributed by atoms with Crippen molar-refractivity contribution in [2.45, 2.75) is 13.3 Å². The van der Waals surface area contributed by atoms with E-state index >= 15 is 0 Å². The monoisotopic (exact) mass is 244 g/mol. The molecule has 4 nitrogen and oxygen atoms in total. The maximum Gasteiger partial charge on any atom is 0.270 e. The molecule has 0 spiro atoms. The first kappa shape index (κ1) is 11.1. The molecular weight excluding hydrogens is 228 g/mol. The first-order valence-corrected chi connectivity index (χ1v) is 6.23. The Morgan fingerprint density at radius 1 is 1.44 bits per heavy atom. The summed E-state index contributed by atoms with van der Waals surface area (Å²) in [6.45, 7) is 3.40. The van der Waals surface area contributed by atoms with Crippen LogP contribution >= 0.6 is 0 Å². The summed E-state index contributed by atoms with van der Waals surface area (Å²) in [5.74, 6) is 0.934. The Balaban J connectivity index is 2.16. The van der Waals surface area contributed by atoms with Crippen molar-refractivity contribution in [1.29, 1.82) is 0 Å². The molecule has 1 aliphatic heterocycles. The highest BCUT2D eigenvalue weighted by molar-refractivity contribution is 6.02. The number of nitrogens with zero attached hydrogens (tertiary/aromatic N) is 1. The van der Waals surface area contributed by atoms with Crippen LogP contribution in [0.15, 0.2) is 18.2 Å². The van der Waals surface area contributed by atoms with E-state index in [1.54, 1.807) is 4.90 Å². The zero-order valence-electron chi connectivity index (χ0n) is 10.6. The van der Waals surface area contributed by atoms with Crippen LogP contribution in [-0.4, -0.2) is 36.0 Å². The molecule has 1 amide bonds. The minimum atomic E-state index is 0.0745. The summed E-state index contributed by atoms with van der Waals surface area (Å²) >= 11 is 0. The molecule has 0 aliphatic carbocycles. The van der Waals surface area contributed by atoms with Gasteiger partial charge in [0, 0.05) is 24.5 Å². The molecule has 0 fully saturated rings. The molecular formula is C14H16N2O2. The summed E-state index contributed by atoms with van der Waals surface area (Å²) < 4.78 is 5.51. The lowest BCUT2D eigenvalue weighted by molar-refractivity contribution is 0.0776. The fourth-order valence-corrected chi connectivity index (χ4v) is 2.50. The van der Waals surface area contributed by atoms with E-state index in [1.165, 1.54) is 0 Å². The van der Waals surface area contributed by atoms with Gasteiger partial charge in [-0.15, -0.1) is 0 Å². The van der Waals surface area contributed by atoms with Crippen LogP contribution in [0.1, 0.15) is 23.0 Å². The maximum absolute atomic E-state index is 12.1. The van der Waals surface area contributed by atoms with Crippen LogP contribution in [0.4, 0.5) is 0 Å². The molecule has 1 aliphatic rings. The lowest BCUT2D eigenvalue weighted by Crippen LogP contribution is -2.33. The topological polar surface area (TPSA) is 45.3 Å². The Hall–Kier alpha value is -1.97. The van der Waals surface area contributed by atoms with Gasteiger partial charge in [-0.3, -0.25) is 4.79 Å². The minimum Gasteiger partial charge on any atom is -0.494 e. The largest absolute Gasteiger partial charge is 0.494 e. The van der Waals surface area contributed by atoms with Crippen LogP contribution in [0.3, 0.4) is 0 Å². The van der Waals surface area contributed by atoms with E-state index in [0.717, 1.165) is 40.9 Å². The number of H-pyrrole nitrogens is 1. The second kappa shape index (κ2) is 4.05. The predicted octanol–water partition coefficient (Wildman–Crippen LogP) is 2.19. The van der Waals surface area contributed by atoms with Gasteiger partial charge in [0.1, 0.15) is 11.4 Å². The summed E-state index contributed by atoms with van der Waals surface area (Å²) in [7, 11) is 1.84. The SMILES string of the molecule is CCOc1ccc2[nH]c3c(c2c1)CCN(C)C3=O. The van der Waals surface area contributed by atoms with Crippen molar-refractivity contribution < 1.29 is 9.53 Å². The van der Waals surface area contributed by atoms with E-state index in [4.69, 9.17) is 4.74 Å². The van der Waals surface area contributed by atoms with Gasteiger partial charge in [0.15, 0.2) is 0 Å². The Morgan fingerprint density at radius 3 is 3.06 bits per heavy atom. The van der Waals surface area contributed by atoms with Crippen molar-refractivity contribution in [2.75, 3.05) is 20.2 Å². The molecule has 0 saturated heterocycles. The van der Waals surface area contributed by atoms with Crippen molar-refractivity contribution >= 4 is 16.8 Å². The Bertz CT molecular complexity index is 616. The smallest absolute Gasteiger partial charge is 0.270 e. The average Bonchev–Trinajstić information content (AvgIpc) is 2.73. The first-order chi connectivity index (χ1) is 8.70. The molecule has 3 rings (SSSR count). The van der Waals surface area contributed by atoms with E-state index in [9.17, 15) is 4.79 Å². The lowest BCUT2D eigenvalue weighted by atomic mass is 10.0. The van der Waals surface area contributed by atoms with E-state index in [-0.39, 0.29) is 5.91 Å². The van der Waals surface area contributed by atoms with Crippen molar-refractivity contribution in [1.82, 2.24) is 9.88 Å². The average molecular weight is 244 g/mol. The highest BCUT2D eigenvalue weighted by Gasteiger charge is 2.25. The zero-order valence-corrected chi connectivity index (χ0v) is 10.6. The summed E-state index contributed by atoms with van der Waals surface area (Å²) in [6, 6.07) is 5.93. The predicted molar refractivity (Wildman–Crippen MR) is 70.1 cm³/mol. The number of benzene rings is 1. The maximum atomic E-state index is 12.1. The number of nitrogens with one attached hydrogen (secondary N) is 1. The zero-order chi connectivity index (χ0) is 12.7. The second-order valence-corrected chi connectivity index (χ2v) is 4.60. The van der Waals surface area contributed by atoms with Crippen LogP contribution in [-0.2, 0) is 6.42 Å². The molecule has 0 radical (unpaired) electrons. The van der Waals surface area contributed by atoms with Crippen molar-refractivity contribution in [3.63, 3.8) is 0 Å². The van der Waals surface area contributed by atoms with Gasteiger partial charge in [-0.25, -0.2) is 0 Å². The van der Waals surface area contributed by atoms with Crippen LogP contribution < -0.4 is 4.74 Å². The molecule has 0 bridgehead atoms. The van der Waals surface area contributed by atoms with Crippen LogP contribution in [0.5, 0.6) is 5.75 Å². The molecule has 2 heterocycles. The number of carbonyl (C=O) groups excluding carboxylic acids is 1. The Labute approximate surface area is 106 Å². The summed E-state index contributed by atoms with van der Waals surface area (Å²) in [6.07, 6.45) is 0.896. The molecule has 1 aromatic carbocycles. The fraction of sp³-hybridized carbons (Fsp3) is 0.357. The van der Waals surface area contributed by atoms with E-state index in [1.807, 2.05) is 32.2 Å². The molecule has 4 heteroatoms. The number of amides is 1. The minimum absolute atomic E-state index is 0.0745. The van der Waals surface area contributed by atoms with Gasteiger partial charge < -0.3 is 14.6 Å². The van der Waals surface area contributed by atoms with Gasteiger partial charge in [0.05, 0.1) is 6.61 Å². The van der Waals surface area contributed by atoms with Gasteiger partial charge in [-0.1, -0.05) is 0 Å². The normalized spacial score (nSPS) is 15.0. The molecule has 0 saturated carbocycles. The van der Waals surface area contributed by atoms with E-state index < -0.39 is 0 Å². The van der Waals surface area contributed by atoms with Gasteiger partial charge in [-0.2, -0.15) is 0 Å².